The monoisotopic (exact) mass is 566 g/mol. The van der Waals surface area contributed by atoms with E-state index in [4.69, 9.17) is 23.4 Å². The highest BCUT2D eigenvalue weighted by Gasteiger charge is 2.43. The van der Waals surface area contributed by atoms with Gasteiger partial charge in [0, 0.05) is 36.2 Å². The van der Waals surface area contributed by atoms with Crippen LogP contribution in [0.1, 0.15) is 50.3 Å². The molecule has 0 spiro atoms. The lowest BCUT2D eigenvalue weighted by atomic mass is 9.67. The van der Waals surface area contributed by atoms with Gasteiger partial charge in [0.25, 0.3) is 0 Å². The maximum Gasteiger partial charge on any atom is 0.250 e. The quantitative estimate of drug-likeness (QED) is 0.182. The molecule has 0 amide bonds. The predicted octanol–water partition coefficient (Wildman–Crippen LogP) is 8.23. The molecule has 1 aliphatic heterocycles. The van der Waals surface area contributed by atoms with Gasteiger partial charge in [0.05, 0.1) is 0 Å². The van der Waals surface area contributed by atoms with Crippen LogP contribution in [-0.2, 0) is 14.9 Å². The third kappa shape index (κ3) is 6.48. The first-order valence-electron chi connectivity index (χ1n) is 13.4. The molecule has 3 aromatic carbocycles. The summed E-state index contributed by atoms with van der Waals surface area (Å²) < 4.78 is 28.2. The second kappa shape index (κ2) is 12.0. The van der Waals surface area contributed by atoms with Crippen LogP contribution in [-0.4, -0.2) is 41.9 Å². The number of methoxy groups -OCH3 is 2. The molecule has 0 saturated heterocycles. The van der Waals surface area contributed by atoms with E-state index in [1.54, 1.807) is 14.2 Å². The van der Waals surface area contributed by atoms with E-state index in [0.29, 0.717) is 0 Å². The molecule has 4 rings (SSSR count). The lowest BCUT2D eigenvalue weighted by molar-refractivity contribution is 0.0508. The Morgan fingerprint density at radius 1 is 0.821 bits per heavy atom. The van der Waals surface area contributed by atoms with Crippen LogP contribution in [0.5, 0.6) is 17.2 Å². The maximum absolute atomic E-state index is 6.60. The third-order valence-electron chi connectivity index (χ3n) is 8.05. The molecule has 1 heterocycles. The molecule has 0 fully saturated rings. The minimum absolute atomic E-state index is 0.144. The van der Waals surface area contributed by atoms with Gasteiger partial charge in [-0.1, -0.05) is 58.0 Å². The van der Waals surface area contributed by atoms with E-state index in [1.807, 2.05) is 30.0 Å². The Kier molecular flexibility index (Phi) is 9.06. The first-order chi connectivity index (χ1) is 18.5. The van der Waals surface area contributed by atoms with Crippen molar-refractivity contribution in [1.29, 1.82) is 0 Å². The predicted molar refractivity (Wildman–Crippen MR) is 162 cm³/mol. The van der Waals surface area contributed by atoms with Crippen LogP contribution in [0.25, 0.3) is 0 Å². The van der Waals surface area contributed by atoms with Crippen LogP contribution >= 0.6 is 11.8 Å². The average molecular weight is 567 g/mol. The van der Waals surface area contributed by atoms with E-state index in [2.05, 4.69) is 89.3 Å². The van der Waals surface area contributed by atoms with Crippen LogP contribution < -0.4 is 13.9 Å². The maximum atomic E-state index is 6.60. The van der Waals surface area contributed by atoms with Gasteiger partial charge in [-0.3, -0.25) is 0 Å². The van der Waals surface area contributed by atoms with Crippen molar-refractivity contribution in [2.24, 2.45) is 0 Å². The fourth-order valence-electron chi connectivity index (χ4n) is 4.78. The van der Waals surface area contributed by atoms with Crippen molar-refractivity contribution in [3.05, 3.63) is 83.4 Å². The summed E-state index contributed by atoms with van der Waals surface area (Å²) in [6, 6.07) is 23.6. The number of benzene rings is 3. The summed E-state index contributed by atoms with van der Waals surface area (Å²) >= 11 is 1.88. The first-order valence-corrected chi connectivity index (χ1v) is 17.3. The summed E-state index contributed by atoms with van der Waals surface area (Å²) in [5.74, 6) is 3.65. The lowest BCUT2D eigenvalue weighted by Crippen LogP contribution is -2.43. The molecule has 210 valence electrons. The molecule has 1 aliphatic rings. The van der Waals surface area contributed by atoms with E-state index in [0.717, 1.165) is 23.0 Å². The van der Waals surface area contributed by atoms with Crippen LogP contribution in [0.2, 0.25) is 18.1 Å². The Morgan fingerprint density at radius 3 is 1.97 bits per heavy atom. The van der Waals surface area contributed by atoms with Crippen molar-refractivity contribution >= 4 is 20.1 Å². The number of hydrogen-bond acceptors (Lipinski definition) is 6. The summed E-state index contributed by atoms with van der Waals surface area (Å²) in [6.07, 6.45) is 0. The Morgan fingerprint density at radius 2 is 1.38 bits per heavy atom. The van der Waals surface area contributed by atoms with Crippen molar-refractivity contribution < 1.29 is 23.4 Å². The Labute approximate surface area is 239 Å². The minimum atomic E-state index is -1.92. The molecular weight excluding hydrogens is 525 g/mol. The molecule has 0 saturated carbocycles. The Hall–Kier alpha value is -2.45. The van der Waals surface area contributed by atoms with Gasteiger partial charge in [-0.2, -0.15) is 0 Å². The van der Waals surface area contributed by atoms with Crippen LogP contribution in [0.4, 0.5) is 0 Å². The van der Waals surface area contributed by atoms with E-state index >= 15 is 0 Å². The van der Waals surface area contributed by atoms with Gasteiger partial charge in [-0.25, -0.2) is 0 Å². The van der Waals surface area contributed by atoms with Crippen LogP contribution in [0.3, 0.4) is 0 Å². The zero-order valence-corrected chi connectivity index (χ0v) is 26.3. The standard InChI is InChI=1S/C32H42O5SSi/c1-31(2,3)39(7,8)37-26-13-9-23(10-14-26)30-28-18-17-27(36-22-34-6)19-29(28)38-20-32(30,4)24-11-15-25(16-12-24)35-21-33-5/h9-19,30H,20-22H2,1-8H3. The molecule has 0 bridgehead atoms. The van der Waals surface area contributed by atoms with Gasteiger partial charge in [0.2, 0.25) is 8.32 Å². The van der Waals surface area contributed by atoms with Crippen molar-refractivity contribution in [2.45, 2.75) is 62.1 Å². The van der Waals surface area contributed by atoms with Gasteiger partial charge in [-0.15, -0.1) is 11.8 Å². The second-order valence-corrected chi connectivity index (χ2v) is 17.6. The molecule has 0 radical (unpaired) electrons. The summed E-state index contributed by atoms with van der Waals surface area (Å²) in [5, 5.41) is 0.144. The summed E-state index contributed by atoms with van der Waals surface area (Å²) in [5.41, 5.74) is 3.70. The van der Waals surface area contributed by atoms with Gasteiger partial charge >= 0.3 is 0 Å². The summed E-state index contributed by atoms with van der Waals surface area (Å²) in [4.78, 5) is 1.24. The molecule has 3 aromatic rings. The average Bonchev–Trinajstić information content (AvgIpc) is 2.91. The highest BCUT2D eigenvalue weighted by molar-refractivity contribution is 7.99. The van der Waals surface area contributed by atoms with E-state index < -0.39 is 8.32 Å². The molecule has 39 heavy (non-hydrogen) atoms. The number of fused-ring (bicyclic) bond motifs is 1. The van der Waals surface area contributed by atoms with Crippen molar-refractivity contribution in [1.82, 2.24) is 0 Å². The SMILES string of the molecule is COCOc1ccc(C2(C)CSc3cc(OCOC)ccc3C2c2ccc(O[Si](C)(C)C(C)(C)C)cc2)cc1. The second-order valence-electron chi connectivity index (χ2n) is 11.9. The number of hydrogen-bond donors (Lipinski definition) is 0. The van der Waals surface area contributed by atoms with Crippen LogP contribution in [0.15, 0.2) is 71.6 Å². The van der Waals surface area contributed by atoms with Crippen molar-refractivity contribution in [2.75, 3.05) is 33.6 Å². The van der Waals surface area contributed by atoms with Gasteiger partial charge in [-0.05, 0) is 71.2 Å². The Bertz CT molecular complexity index is 1240. The molecule has 7 heteroatoms. The summed E-state index contributed by atoms with van der Waals surface area (Å²) in [7, 11) is 1.35. The van der Waals surface area contributed by atoms with E-state index in [1.165, 1.54) is 21.6 Å². The molecule has 2 atom stereocenters. The molecule has 0 aromatic heterocycles. The van der Waals surface area contributed by atoms with Gasteiger partial charge < -0.3 is 23.4 Å². The van der Waals surface area contributed by atoms with E-state index in [9.17, 15) is 0 Å². The topological polar surface area (TPSA) is 46.2 Å². The molecule has 5 nitrogen and oxygen atoms in total. The molecule has 0 aliphatic carbocycles. The molecule has 0 N–H and O–H groups in total. The van der Waals surface area contributed by atoms with E-state index in [-0.39, 0.29) is 30.0 Å². The largest absolute Gasteiger partial charge is 0.544 e. The summed E-state index contributed by atoms with van der Waals surface area (Å²) in [6.45, 7) is 14.2. The van der Waals surface area contributed by atoms with Crippen LogP contribution in [0, 0.1) is 0 Å². The number of ether oxygens (including phenoxy) is 4. The highest BCUT2D eigenvalue weighted by Crippen LogP contribution is 2.53. The third-order valence-corrected chi connectivity index (χ3v) is 13.8. The minimum Gasteiger partial charge on any atom is -0.544 e. The van der Waals surface area contributed by atoms with Gasteiger partial charge in [0.15, 0.2) is 13.6 Å². The first kappa shape index (κ1) is 29.5. The van der Waals surface area contributed by atoms with Crippen molar-refractivity contribution in [3.63, 3.8) is 0 Å². The zero-order chi connectivity index (χ0) is 28.3. The van der Waals surface area contributed by atoms with Crippen molar-refractivity contribution in [3.8, 4) is 17.2 Å². The fourth-order valence-corrected chi connectivity index (χ4v) is 7.15. The number of thioether (sulfide) groups is 1. The Balaban J connectivity index is 1.73. The fraction of sp³-hybridized carbons (Fsp3) is 0.438. The lowest BCUT2D eigenvalue weighted by Gasteiger charge is -2.43. The highest BCUT2D eigenvalue weighted by atomic mass is 32.2. The normalized spacial score (nSPS) is 19.3. The molecule has 2 unspecified atom stereocenters. The zero-order valence-electron chi connectivity index (χ0n) is 24.5. The number of rotatable bonds is 10. The smallest absolute Gasteiger partial charge is 0.250 e. The molecular formula is C32H42O5SSi. The van der Waals surface area contributed by atoms with Gasteiger partial charge in [0.1, 0.15) is 17.2 Å².